The van der Waals surface area contributed by atoms with Crippen LogP contribution in [-0.2, 0) is 14.3 Å². The van der Waals surface area contributed by atoms with Gasteiger partial charge in [-0.2, -0.15) is 5.10 Å². The lowest BCUT2D eigenvalue weighted by Gasteiger charge is -2.35. The lowest BCUT2D eigenvalue weighted by atomic mass is 10.1. The van der Waals surface area contributed by atoms with E-state index in [1.54, 1.807) is 6.20 Å². The summed E-state index contributed by atoms with van der Waals surface area (Å²) >= 11 is 0. The zero-order valence-corrected chi connectivity index (χ0v) is 20.7. The maximum Gasteiger partial charge on any atom is 0.240 e. The third kappa shape index (κ3) is 4.08. The second-order valence-electron chi connectivity index (χ2n) is 9.91. The number of hydrogen-bond donors (Lipinski definition) is 1. The van der Waals surface area contributed by atoms with Crippen molar-refractivity contribution in [2.45, 2.75) is 57.3 Å². The van der Waals surface area contributed by atoms with Gasteiger partial charge in [-0.3, -0.25) is 9.78 Å². The monoisotopic (exact) mass is 491 g/mol. The van der Waals surface area contributed by atoms with Gasteiger partial charge in [-0.1, -0.05) is 0 Å². The average Bonchev–Trinajstić information content (AvgIpc) is 3.59. The Kier molecular flexibility index (Phi) is 6.22. The Morgan fingerprint density at radius 2 is 2.00 bits per heavy atom. The summed E-state index contributed by atoms with van der Waals surface area (Å²) in [6.45, 7) is 5.70. The third-order valence-corrected chi connectivity index (χ3v) is 7.59. The number of morpholine rings is 1. The highest BCUT2D eigenvalue weighted by atomic mass is 16.5. The van der Waals surface area contributed by atoms with Crippen molar-refractivity contribution in [1.29, 1.82) is 0 Å². The largest absolute Gasteiger partial charge is 0.377 e. The Hall–Kier alpha value is -3.24. The molecule has 3 aliphatic rings. The number of rotatable bonds is 5. The van der Waals surface area contributed by atoms with E-state index in [4.69, 9.17) is 25.2 Å². The van der Waals surface area contributed by atoms with Crippen molar-refractivity contribution in [1.82, 2.24) is 19.7 Å². The molecule has 0 aliphatic carbocycles. The molecule has 3 fully saturated rings. The molecule has 0 saturated carbocycles. The minimum absolute atomic E-state index is 0.111. The molecule has 10 nitrogen and oxygen atoms in total. The van der Waals surface area contributed by atoms with Crippen molar-refractivity contribution in [3.63, 3.8) is 0 Å². The van der Waals surface area contributed by atoms with Crippen LogP contribution in [0.4, 0.5) is 11.5 Å². The molecule has 2 N–H and O–H groups in total. The number of carbonyl (C=O) groups is 1. The fourth-order valence-electron chi connectivity index (χ4n) is 5.76. The van der Waals surface area contributed by atoms with Gasteiger partial charge < -0.3 is 25.0 Å². The number of aromatic nitrogens is 4. The molecule has 3 saturated heterocycles. The molecule has 0 radical (unpaired) electrons. The minimum Gasteiger partial charge on any atom is -0.377 e. The van der Waals surface area contributed by atoms with Gasteiger partial charge in [-0.25, -0.2) is 9.67 Å². The lowest BCUT2D eigenvalue weighted by molar-refractivity contribution is -0.119. The summed E-state index contributed by atoms with van der Waals surface area (Å²) in [4.78, 5) is 26.7. The quantitative estimate of drug-likeness (QED) is 0.580. The van der Waals surface area contributed by atoms with Crippen LogP contribution in [0.1, 0.15) is 45.3 Å². The summed E-state index contributed by atoms with van der Waals surface area (Å²) in [5.41, 5.74) is 9.22. The summed E-state index contributed by atoms with van der Waals surface area (Å²) in [5, 5.41) is 5.56. The van der Waals surface area contributed by atoms with E-state index < -0.39 is 0 Å². The molecule has 3 aromatic rings. The van der Waals surface area contributed by atoms with Gasteiger partial charge in [0.05, 0.1) is 30.6 Å². The molecular formula is C26H33N7O3. The minimum atomic E-state index is -0.330. The van der Waals surface area contributed by atoms with E-state index in [0.29, 0.717) is 13.2 Å². The number of nitrogens with zero attached hydrogens (tertiary/aromatic N) is 6. The highest BCUT2D eigenvalue weighted by molar-refractivity contribution is 6.01. The number of nitrogens with two attached hydrogens (primary N) is 1. The van der Waals surface area contributed by atoms with E-state index in [-0.39, 0.29) is 24.2 Å². The highest BCUT2D eigenvalue weighted by Gasteiger charge is 2.32. The highest BCUT2D eigenvalue weighted by Crippen LogP contribution is 2.39. The van der Waals surface area contributed by atoms with E-state index in [2.05, 4.69) is 27.9 Å². The second kappa shape index (κ2) is 9.67. The van der Waals surface area contributed by atoms with Crippen molar-refractivity contribution in [3.8, 4) is 11.4 Å². The van der Waals surface area contributed by atoms with E-state index in [0.717, 1.165) is 85.6 Å². The Balaban J connectivity index is 1.53. The van der Waals surface area contributed by atoms with Gasteiger partial charge in [0.15, 0.2) is 6.23 Å². The Bertz CT molecular complexity index is 1260. The SMILES string of the molecule is CC1COCCN1c1cc(N2CCCC2C(N)=O)c2ccnc(-c3ccnn3C3CCCCO3)c2n1. The molecule has 36 heavy (non-hydrogen) atoms. The predicted octanol–water partition coefficient (Wildman–Crippen LogP) is 2.87. The average molecular weight is 492 g/mol. The molecule has 0 bridgehead atoms. The van der Waals surface area contributed by atoms with Crippen LogP contribution in [0, 0.1) is 0 Å². The molecule has 3 aliphatic heterocycles. The molecule has 1 amide bonds. The lowest BCUT2D eigenvalue weighted by Crippen LogP contribution is -2.44. The van der Waals surface area contributed by atoms with Crippen LogP contribution in [0.5, 0.6) is 0 Å². The normalized spacial score (nSPS) is 25.0. The molecule has 0 spiro atoms. The molecule has 0 aromatic carbocycles. The van der Waals surface area contributed by atoms with Gasteiger partial charge >= 0.3 is 0 Å². The number of carbonyl (C=O) groups excluding carboxylic acids is 1. The first-order valence-corrected chi connectivity index (χ1v) is 13.0. The fourth-order valence-corrected chi connectivity index (χ4v) is 5.76. The molecule has 10 heteroatoms. The van der Waals surface area contributed by atoms with Gasteiger partial charge in [0.2, 0.25) is 5.91 Å². The molecule has 3 unspecified atom stereocenters. The third-order valence-electron chi connectivity index (χ3n) is 7.59. The van der Waals surface area contributed by atoms with Gasteiger partial charge in [0.1, 0.15) is 23.1 Å². The van der Waals surface area contributed by atoms with Crippen LogP contribution < -0.4 is 15.5 Å². The number of primary amides is 1. The van der Waals surface area contributed by atoms with Crippen LogP contribution in [0.2, 0.25) is 0 Å². The number of ether oxygens (including phenoxy) is 2. The molecular weight excluding hydrogens is 458 g/mol. The summed E-state index contributed by atoms with van der Waals surface area (Å²) in [5.74, 6) is 0.568. The number of amides is 1. The van der Waals surface area contributed by atoms with E-state index in [9.17, 15) is 4.79 Å². The van der Waals surface area contributed by atoms with Gasteiger partial charge in [-0.05, 0) is 51.2 Å². The molecule has 3 aromatic heterocycles. The van der Waals surface area contributed by atoms with Crippen LogP contribution in [0.15, 0.2) is 30.6 Å². The smallest absolute Gasteiger partial charge is 0.240 e. The van der Waals surface area contributed by atoms with E-state index >= 15 is 0 Å². The van der Waals surface area contributed by atoms with Crippen LogP contribution >= 0.6 is 0 Å². The van der Waals surface area contributed by atoms with Gasteiger partial charge in [0.25, 0.3) is 0 Å². The maximum atomic E-state index is 12.3. The Morgan fingerprint density at radius 1 is 1.08 bits per heavy atom. The van der Waals surface area contributed by atoms with Crippen LogP contribution in [0.25, 0.3) is 22.3 Å². The van der Waals surface area contributed by atoms with Crippen molar-refractivity contribution < 1.29 is 14.3 Å². The summed E-state index contributed by atoms with van der Waals surface area (Å²) in [6.07, 6.45) is 8.28. The molecule has 6 heterocycles. The second-order valence-corrected chi connectivity index (χ2v) is 9.91. The zero-order valence-electron chi connectivity index (χ0n) is 20.7. The van der Waals surface area contributed by atoms with Crippen molar-refractivity contribution in [2.75, 3.05) is 42.7 Å². The number of anilines is 2. The Labute approximate surface area is 210 Å². The molecule has 6 rings (SSSR count). The first-order valence-electron chi connectivity index (χ1n) is 13.0. The molecule has 3 atom stereocenters. The van der Waals surface area contributed by atoms with Crippen LogP contribution in [-0.4, -0.2) is 70.6 Å². The van der Waals surface area contributed by atoms with Gasteiger partial charge in [0, 0.05) is 43.5 Å². The topological polar surface area (TPSA) is 112 Å². The summed E-state index contributed by atoms with van der Waals surface area (Å²) in [6, 6.07) is 5.93. The zero-order chi connectivity index (χ0) is 24.6. The first-order chi connectivity index (χ1) is 17.6. The predicted molar refractivity (Wildman–Crippen MR) is 137 cm³/mol. The van der Waals surface area contributed by atoms with Gasteiger partial charge in [-0.15, -0.1) is 0 Å². The first kappa shape index (κ1) is 23.2. The van der Waals surface area contributed by atoms with E-state index in [1.165, 1.54) is 0 Å². The Morgan fingerprint density at radius 3 is 2.81 bits per heavy atom. The maximum absolute atomic E-state index is 12.3. The standard InChI is InChI=1S/C26H33N7O3/c1-17-16-35-14-12-31(17)22-15-21(32-11-4-5-20(32)26(27)34)18-7-9-28-25(24(18)30-22)19-8-10-29-33(19)23-6-2-3-13-36-23/h7-10,15,17,20,23H,2-6,11-14,16H2,1H3,(H2,27,34). The fraction of sp³-hybridized carbons (Fsp3) is 0.538. The van der Waals surface area contributed by atoms with Crippen molar-refractivity contribution in [2.24, 2.45) is 5.73 Å². The number of pyridine rings is 2. The van der Waals surface area contributed by atoms with E-state index in [1.807, 2.05) is 23.0 Å². The number of fused-ring (bicyclic) bond motifs is 1. The molecule has 190 valence electrons. The van der Waals surface area contributed by atoms with Crippen molar-refractivity contribution in [3.05, 3.63) is 30.6 Å². The van der Waals surface area contributed by atoms with Crippen molar-refractivity contribution >= 4 is 28.3 Å². The summed E-state index contributed by atoms with van der Waals surface area (Å²) < 4.78 is 13.7. The number of hydrogen-bond acceptors (Lipinski definition) is 8. The van der Waals surface area contributed by atoms with Crippen LogP contribution in [0.3, 0.4) is 0 Å². The summed E-state index contributed by atoms with van der Waals surface area (Å²) in [7, 11) is 0.